The third kappa shape index (κ3) is 9.25. The van der Waals surface area contributed by atoms with Crippen LogP contribution >= 0.6 is 34.8 Å². The minimum atomic E-state index is 0.00562. The molecule has 0 amide bonds. The molecule has 1 aliphatic carbocycles. The normalized spacial score (nSPS) is 17.1. The Hall–Kier alpha value is -1.88. The van der Waals surface area contributed by atoms with Crippen LogP contribution in [0.4, 0.5) is 5.82 Å². The number of fused-ring (bicyclic) bond motifs is 1. The van der Waals surface area contributed by atoms with Gasteiger partial charge in [-0.05, 0) is 55.5 Å². The van der Waals surface area contributed by atoms with E-state index in [-0.39, 0.29) is 12.2 Å². The highest BCUT2D eigenvalue weighted by atomic mass is 35.5. The third-order valence-electron chi connectivity index (χ3n) is 5.99. The van der Waals surface area contributed by atoms with Gasteiger partial charge in [0.1, 0.15) is 17.4 Å². The molecule has 1 aliphatic rings. The first-order valence-electron chi connectivity index (χ1n) is 12.0. The van der Waals surface area contributed by atoms with Crippen LogP contribution in [0.2, 0.25) is 15.1 Å². The van der Waals surface area contributed by atoms with Crippen molar-refractivity contribution < 1.29 is 4.79 Å². The van der Waals surface area contributed by atoms with E-state index in [2.05, 4.69) is 23.8 Å². The molecule has 2 aromatic carbocycles. The van der Waals surface area contributed by atoms with Crippen molar-refractivity contribution in [3.63, 3.8) is 0 Å². The lowest BCUT2D eigenvalue weighted by Crippen LogP contribution is -2.12. The molecule has 0 atom stereocenters. The van der Waals surface area contributed by atoms with Gasteiger partial charge in [0.2, 0.25) is 0 Å². The summed E-state index contributed by atoms with van der Waals surface area (Å²) in [5, 5.41) is 2.36. The van der Waals surface area contributed by atoms with Crippen molar-refractivity contribution in [1.29, 1.82) is 0 Å². The van der Waals surface area contributed by atoms with Gasteiger partial charge in [-0.1, -0.05) is 86.5 Å². The van der Waals surface area contributed by atoms with Crippen LogP contribution in [0.1, 0.15) is 57.8 Å². The van der Waals surface area contributed by atoms with Crippen molar-refractivity contribution in [1.82, 2.24) is 9.97 Å². The number of Topliss-reactive ketones (excluding diaryl/α,β-unsaturated/α-hetero) is 1. The molecule has 0 unspecified atom stereocenters. The van der Waals surface area contributed by atoms with Gasteiger partial charge in [0, 0.05) is 30.9 Å². The van der Waals surface area contributed by atoms with Crippen LogP contribution in [0.5, 0.6) is 0 Å². The van der Waals surface area contributed by atoms with E-state index < -0.39 is 0 Å². The zero-order valence-electron chi connectivity index (χ0n) is 21.5. The maximum absolute atomic E-state index is 10.9. The Morgan fingerprint density at radius 1 is 0.914 bits per heavy atom. The number of carbonyl (C=O) groups excluding carboxylic acids is 1. The van der Waals surface area contributed by atoms with Gasteiger partial charge >= 0.3 is 0 Å². The summed E-state index contributed by atoms with van der Waals surface area (Å²) in [7, 11) is 3.99. The predicted molar refractivity (Wildman–Crippen MR) is 151 cm³/mol. The van der Waals surface area contributed by atoms with E-state index in [1.807, 2.05) is 50.2 Å². The highest BCUT2D eigenvalue weighted by Gasteiger charge is 2.13. The van der Waals surface area contributed by atoms with Crippen LogP contribution < -0.4 is 4.90 Å². The number of nitrogens with zero attached hydrogens (tertiary/aromatic N) is 3. The number of hydrogen-bond donors (Lipinski definition) is 0. The fourth-order valence-corrected chi connectivity index (χ4v) is 4.60. The fourth-order valence-electron chi connectivity index (χ4n) is 3.92. The summed E-state index contributed by atoms with van der Waals surface area (Å²) in [6, 6.07) is 11.3. The Balaban J connectivity index is 0.000000192. The highest BCUT2D eigenvalue weighted by Crippen LogP contribution is 2.31. The first kappa shape index (κ1) is 29.4. The lowest BCUT2D eigenvalue weighted by Gasteiger charge is -2.22. The van der Waals surface area contributed by atoms with Gasteiger partial charge in [0.25, 0.3) is 0 Å². The second-order valence-electron chi connectivity index (χ2n) is 9.57. The van der Waals surface area contributed by atoms with E-state index in [4.69, 9.17) is 34.8 Å². The predicted octanol–water partition coefficient (Wildman–Crippen LogP) is 8.62. The van der Waals surface area contributed by atoms with Crippen molar-refractivity contribution in [2.24, 2.45) is 11.8 Å². The summed E-state index contributed by atoms with van der Waals surface area (Å²) in [6.45, 7) is 8.13. The number of halogens is 3. The second kappa shape index (κ2) is 14.0. The van der Waals surface area contributed by atoms with Gasteiger partial charge in [-0.25, -0.2) is 9.97 Å². The number of para-hydroxylation sites is 1. The van der Waals surface area contributed by atoms with E-state index in [0.29, 0.717) is 20.6 Å². The number of aromatic nitrogens is 2. The first-order chi connectivity index (χ1) is 16.5. The summed E-state index contributed by atoms with van der Waals surface area (Å²) in [6.07, 6.45) is 6.11. The monoisotopic (exact) mass is 535 g/mol. The lowest BCUT2D eigenvalue weighted by atomic mass is 9.84. The number of carbonyl (C=O) groups is 1. The summed E-state index contributed by atoms with van der Waals surface area (Å²) in [5.74, 6) is 3.84. The van der Waals surface area contributed by atoms with Gasteiger partial charge in [-0.3, -0.25) is 4.79 Å². The molecule has 0 bridgehead atoms. The Morgan fingerprint density at radius 3 is 2.00 bits per heavy atom. The van der Waals surface area contributed by atoms with E-state index in [1.165, 1.54) is 32.6 Å². The minimum Gasteiger partial charge on any atom is -0.362 e. The van der Waals surface area contributed by atoms with Gasteiger partial charge in [0.05, 0.1) is 15.6 Å². The summed E-state index contributed by atoms with van der Waals surface area (Å²) < 4.78 is 0. The molecule has 35 heavy (non-hydrogen) atoms. The summed E-state index contributed by atoms with van der Waals surface area (Å²) in [4.78, 5) is 21.7. The smallest absolute Gasteiger partial charge is 0.139 e. The molecular formula is C28H36Cl3N3O. The molecule has 4 nitrogen and oxygen atoms in total. The van der Waals surface area contributed by atoms with Crippen molar-refractivity contribution in [2.45, 2.75) is 59.8 Å². The zero-order valence-corrected chi connectivity index (χ0v) is 23.8. The fraction of sp³-hybridized carbons (Fsp3) is 0.464. The summed E-state index contributed by atoms with van der Waals surface area (Å²) in [5.41, 5.74) is 1.60. The van der Waals surface area contributed by atoms with Gasteiger partial charge in [-0.15, -0.1) is 0 Å². The number of hydrogen-bond acceptors (Lipinski definition) is 4. The quantitative estimate of drug-likeness (QED) is 0.314. The molecule has 0 N–H and O–H groups in total. The van der Waals surface area contributed by atoms with Gasteiger partial charge < -0.3 is 4.90 Å². The van der Waals surface area contributed by atoms with Crippen LogP contribution in [0.15, 0.2) is 36.4 Å². The van der Waals surface area contributed by atoms with E-state index >= 15 is 0 Å². The minimum absolute atomic E-state index is 0.00562. The third-order valence-corrected chi connectivity index (χ3v) is 7.19. The van der Waals surface area contributed by atoms with Crippen LogP contribution in [-0.2, 0) is 11.2 Å². The Bertz CT molecular complexity index is 1120. The van der Waals surface area contributed by atoms with Crippen molar-refractivity contribution in [3.8, 4) is 0 Å². The van der Waals surface area contributed by atoms with Gasteiger partial charge in [-0.2, -0.15) is 0 Å². The molecule has 0 aliphatic heterocycles. The summed E-state index contributed by atoms with van der Waals surface area (Å²) >= 11 is 17.5. The van der Waals surface area contributed by atoms with E-state index in [0.717, 1.165) is 34.4 Å². The molecule has 1 fully saturated rings. The molecule has 4 rings (SSSR count). The molecule has 0 saturated heterocycles. The molecule has 1 heterocycles. The zero-order chi connectivity index (χ0) is 26.1. The number of anilines is 1. The standard InChI is InChI=1S/C11H13N3.C9H7Cl3O.C8H16/c1-8-12-10-7-5-4-6-9(10)11(13-8)14(2)3;1-5(13)4-6-7(10)2-3-8(11)9(6)12;1-7-3-5-8(2)6-4-7/h4-7H,1-3H3;2-3H,4H2,1H3;7-8H,3-6H2,1-2H3. The van der Waals surface area contributed by atoms with Crippen molar-refractivity contribution >= 4 is 57.3 Å². The molecule has 1 saturated carbocycles. The maximum atomic E-state index is 10.9. The molecular weight excluding hydrogens is 501 g/mol. The number of benzene rings is 2. The van der Waals surface area contributed by atoms with E-state index in [9.17, 15) is 4.79 Å². The first-order valence-corrected chi connectivity index (χ1v) is 13.2. The molecule has 0 radical (unpaired) electrons. The topological polar surface area (TPSA) is 46.1 Å². The Labute approximate surface area is 225 Å². The van der Waals surface area contributed by atoms with Crippen LogP contribution in [0.25, 0.3) is 10.9 Å². The number of rotatable bonds is 3. The molecule has 0 spiro atoms. The van der Waals surface area contributed by atoms with Crippen LogP contribution in [-0.4, -0.2) is 29.8 Å². The molecule has 7 heteroatoms. The Kier molecular flexibility index (Phi) is 11.7. The average molecular weight is 537 g/mol. The highest BCUT2D eigenvalue weighted by molar-refractivity contribution is 6.44. The molecule has 1 aromatic heterocycles. The maximum Gasteiger partial charge on any atom is 0.139 e. The Morgan fingerprint density at radius 2 is 1.46 bits per heavy atom. The van der Waals surface area contributed by atoms with Crippen LogP contribution in [0.3, 0.4) is 0 Å². The van der Waals surface area contributed by atoms with Crippen molar-refractivity contribution in [2.75, 3.05) is 19.0 Å². The second-order valence-corrected chi connectivity index (χ2v) is 10.8. The van der Waals surface area contributed by atoms with Gasteiger partial charge in [0.15, 0.2) is 0 Å². The average Bonchev–Trinajstić information content (AvgIpc) is 2.81. The SMILES string of the molecule is CC(=O)Cc1c(Cl)ccc(Cl)c1Cl.CC1CCC(C)CC1.Cc1nc(N(C)C)c2ccccc2n1. The number of ketones is 1. The van der Waals surface area contributed by atoms with Crippen molar-refractivity contribution in [3.05, 3.63) is 62.9 Å². The lowest BCUT2D eigenvalue weighted by molar-refractivity contribution is -0.116. The number of aryl methyl sites for hydroxylation is 1. The van der Waals surface area contributed by atoms with Crippen LogP contribution in [0, 0.1) is 18.8 Å². The van der Waals surface area contributed by atoms with E-state index in [1.54, 1.807) is 12.1 Å². The molecule has 3 aromatic rings. The molecule has 190 valence electrons. The largest absolute Gasteiger partial charge is 0.362 e.